The van der Waals surface area contributed by atoms with Gasteiger partial charge < -0.3 is 15.4 Å². The number of hydrogen-bond acceptors (Lipinski definition) is 4. The van der Waals surface area contributed by atoms with Crippen molar-refractivity contribution in [3.05, 3.63) is 28.2 Å². The quantitative estimate of drug-likeness (QED) is 0.889. The Kier molecular flexibility index (Phi) is 3.11. The topological polar surface area (TPSA) is 72.3 Å². The van der Waals surface area contributed by atoms with Crippen LogP contribution in [-0.4, -0.2) is 10.3 Å². The van der Waals surface area contributed by atoms with E-state index in [-0.39, 0.29) is 11.6 Å². The minimum absolute atomic E-state index is 0.171. The van der Waals surface area contributed by atoms with Crippen LogP contribution in [0.5, 0.6) is 5.75 Å². The van der Waals surface area contributed by atoms with Crippen LogP contribution in [0.1, 0.15) is 25.3 Å². The van der Waals surface area contributed by atoms with E-state index in [9.17, 15) is 5.11 Å². The molecule has 0 bridgehead atoms. The maximum absolute atomic E-state index is 9.98. The van der Waals surface area contributed by atoms with E-state index in [2.05, 4.69) is 34.9 Å². The lowest BCUT2D eigenvalue weighted by Crippen LogP contribution is -1.91. The van der Waals surface area contributed by atoms with Gasteiger partial charge in [-0.15, -0.1) is 0 Å². The molecule has 0 spiro atoms. The Bertz CT molecular complexity index is 549. The third-order valence-corrected chi connectivity index (χ3v) is 3.23. The molecule has 0 radical (unpaired) electrons. The number of nitrogens with zero attached hydrogens (tertiary/aromatic N) is 1. The second-order valence-corrected chi connectivity index (χ2v) is 5.01. The first-order chi connectivity index (χ1) is 7.99. The molecule has 1 aromatic heterocycles. The van der Waals surface area contributed by atoms with Crippen molar-refractivity contribution in [3.63, 3.8) is 0 Å². The number of phenols is 1. The van der Waals surface area contributed by atoms with Gasteiger partial charge in [0.2, 0.25) is 5.88 Å². The summed E-state index contributed by atoms with van der Waals surface area (Å²) in [4.78, 5) is 0. The molecule has 0 amide bonds. The Balaban J connectivity index is 2.54. The highest BCUT2D eigenvalue weighted by Gasteiger charge is 2.14. The maximum atomic E-state index is 9.98. The highest BCUT2D eigenvalue weighted by Crippen LogP contribution is 2.36. The van der Waals surface area contributed by atoms with E-state index < -0.39 is 0 Å². The number of halogens is 1. The summed E-state index contributed by atoms with van der Waals surface area (Å²) < 4.78 is 5.73. The molecule has 0 fully saturated rings. The Morgan fingerprint density at radius 1 is 1.35 bits per heavy atom. The van der Waals surface area contributed by atoms with E-state index in [1.54, 1.807) is 12.1 Å². The van der Waals surface area contributed by atoms with E-state index in [4.69, 9.17) is 10.3 Å². The molecule has 90 valence electrons. The predicted molar refractivity (Wildman–Crippen MR) is 69.8 cm³/mol. The molecule has 1 aromatic carbocycles. The second kappa shape index (κ2) is 4.41. The molecule has 17 heavy (non-hydrogen) atoms. The largest absolute Gasteiger partial charge is 0.507 e. The Labute approximate surface area is 108 Å². The van der Waals surface area contributed by atoms with Crippen LogP contribution in [0.25, 0.3) is 11.3 Å². The van der Waals surface area contributed by atoms with Crippen molar-refractivity contribution in [2.75, 3.05) is 5.73 Å². The van der Waals surface area contributed by atoms with Crippen molar-refractivity contribution in [1.82, 2.24) is 5.16 Å². The number of nitrogens with two attached hydrogens (primary N) is 1. The second-order valence-electron chi connectivity index (χ2n) is 4.16. The minimum Gasteiger partial charge on any atom is -0.507 e. The monoisotopic (exact) mass is 296 g/mol. The van der Waals surface area contributed by atoms with Gasteiger partial charge in [0.15, 0.2) is 0 Å². The maximum Gasteiger partial charge on any atom is 0.222 e. The van der Waals surface area contributed by atoms with Gasteiger partial charge in [-0.1, -0.05) is 34.9 Å². The smallest absolute Gasteiger partial charge is 0.222 e. The van der Waals surface area contributed by atoms with Crippen molar-refractivity contribution in [1.29, 1.82) is 0 Å². The summed E-state index contributed by atoms with van der Waals surface area (Å²) in [5, 5.41) is 13.8. The summed E-state index contributed by atoms with van der Waals surface area (Å²) in [7, 11) is 0. The van der Waals surface area contributed by atoms with E-state index in [1.165, 1.54) is 0 Å². The summed E-state index contributed by atoms with van der Waals surface area (Å²) in [6.45, 7) is 4.13. The van der Waals surface area contributed by atoms with Crippen LogP contribution >= 0.6 is 15.9 Å². The van der Waals surface area contributed by atoms with E-state index in [0.29, 0.717) is 17.2 Å². The van der Waals surface area contributed by atoms with Gasteiger partial charge in [-0.25, -0.2) is 0 Å². The van der Waals surface area contributed by atoms with Gasteiger partial charge in [-0.05, 0) is 23.6 Å². The molecule has 2 aromatic rings. The van der Waals surface area contributed by atoms with Crippen molar-refractivity contribution < 1.29 is 9.63 Å². The van der Waals surface area contributed by atoms with Crippen LogP contribution in [0.4, 0.5) is 5.88 Å². The van der Waals surface area contributed by atoms with Crippen LogP contribution in [0.3, 0.4) is 0 Å². The Morgan fingerprint density at radius 3 is 2.59 bits per heavy atom. The lowest BCUT2D eigenvalue weighted by Gasteiger charge is -2.11. The molecule has 0 unspecified atom stereocenters. The summed E-state index contributed by atoms with van der Waals surface area (Å²) in [5.41, 5.74) is 7.63. The van der Waals surface area contributed by atoms with Crippen LogP contribution in [0.15, 0.2) is 27.2 Å². The number of nitrogen functional groups attached to an aromatic ring is 1. The zero-order valence-corrected chi connectivity index (χ0v) is 11.2. The van der Waals surface area contributed by atoms with Gasteiger partial charge >= 0.3 is 0 Å². The number of benzene rings is 1. The number of phenolic OH excluding ortho intramolecular Hbond substituents is 1. The van der Waals surface area contributed by atoms with Crippen LogP contribution in [0, 0.1) is 0 Å². The first-order valence-electron chi connectivity index (χ1n) is 5.24. The zero-order chi connectivity index (χ0) is 12.6. The summed E-state index contributed by atoms with van der Waals surface area (Å²) in [5.74, 6) is 0.723. The van der Waals surface area contributed by atoms with Crippen molar-refractivity contribution in [3.8, 4) is 17.0 Å². The summed E-state index contributed by atoms with van der Waals surface area (Å²) in [6.07, 6.45) is 0. The van der Waals surface area contributed by atoms with Crippen molar-refractivity contribution >= 4 is 21.8 Å². The van der Waals surface area contributed by atoms with Gasteiger partial charge in [0, 0.05) is 16.1 Å². The van der Waals surface area contributed by atoms with Crippen LogP contribution in [-0.2, 0) is 0 Å². The molecule has 1 heterocycles. The highest BCUT2D eigenvalue weighted by atomic mass is 79.9. The molecule has 0 aliphatic carbocycles. The summed E-state index contributed by atoms with van der Waals surface area (Å²) >= 11 is 3.49. The minimum atomic E-state index is 0.171. The first kappa shape index (κ1) is 12.0. The molecule has 0 saturated carbocycles. The molecule has 0 atom stereocenters. The van der Waals surface area contributed by atoms with Gasteiger partial charge in [-0.3, -0.25) is 0 Å². The van der Waals surface area contributed by atoms with Gasteiger partial charge in [0.1, 0.15) is 11.4 Å². The average Bonchev–Trinajstić information content (AvgIpc) is 2.67. The lowest BCUT2D eigenvalue weighted by atomic mass is 10.00. The standard InChI is InChI=1S/C12H13BrN2O2/c1-6(2)7-4-11(16)8(3-9(7)13)10-5-12(14)17-15-10/h3-6,16H,14H2,1-2H3. The molecule has 0 aliphatic heterocycles. The van der Waals surface area contributed by atoms with E-state index >= 15 is 0 Å². The molecule has 5 heteroatoms. The molecule has 3 N–H and O–H groups in total. The average molecular weight is 297 g/mol. The number of aromatic nitrogens is 1. The van der Waals surface area contributed by atoms with E-state index in [1.807, 2.05) is 6.07 Å². The predicted octanol–water partition coefficient (Wildman–Crippen LogP) is 3.52. The molecular formula is C12H13BrN2O2. The van der Waals surface area contributed by atoms with Gasteiger partial charge in [-0.2, -0.15) is 0 Å². The van der Waals surface area contributed by atoms with Crippen molar-refractivity contribution in [2.24, 2.45) is 0 Å². The molecular weight excluding hydrogens is 284 g/mol. The van der Waals surface area contributed by atoms with Gasteiger partial charge in [0.05, 0.1) is 0 Å². The number of aromatic hydroxyl groups is 1. The normalized spacial score (nSPS) is 11.1. The third-order valence-electron chi connectivity index (χ3n) is 2.54. The molecule has 4 nitrogen and oxygen atoms in total. The van der Waals surface area contributed by atoms with Crippen LogP contribution in [0.2, 0.25) is 0 Å². The fourth-order valence-electron chi connectivity index (χ4n) is 1.64. The molecule has 0 aliphatic rings. The summed E-state index contributed by atoms with van der Waals surface area (Å²) in [6, 6.07) is 5.13. The fraction of sp³-hybridized carbons (Fsp3) is 0.250. The van der Waals surface area contributed by atoms with Gasteiger partial charge in [0.25, 0.3) is 0 Å². The number of hydrogen-bond donors (Lipinski definition) is 2. The SMILES string of the molecule is CC(C)c1cc(O)c(-c2cc(N)on2)cc1Br. The fourth-order valence-corrected chi connectivity index (χ4v) is 2.44. The Hall–Kier alpha value is -1.49. The lowest BCUT2D eigenvalue weighted by molar-refractivity contribution is 0.437. The zero-order valence-electron chi connectivity index (χ0n) is 9.57. The van der Waals surface area contributed by atoms with E-state index in [0.717, 1.165) is 10.0 Å². The number of anilines is 1. The molecule has 0 saturated heterocycles. The Morgan fingerprint density at radius 2 is 2.06 bits per heavy atom. The first-order valence-corrected chi connectivity index (χ1v) is 6.03. The van der Waals surface area contributed by atoms with Crippen molar-refractivity contribution in [2.45, 2.75) is 19.8 Å². The molecule has 2 rings (SSSR count). The van der Waals surface area contributed by atoms with Crippen LogP contribution < -0.4 is 5.73 Å². The number of rotatable bonds is 2. The highest BCUT2D eigenvalue weighted by molar-refractivity contribution is 9.10. The third kappa shape index (κ3) is 2.29.